The van der Waals surface area contributed by atoms with Gasteiger partial charge in [-0.25, -0.2) is 0 Å². The Hall–Kier alpha value is -1.84. The number of unbranched alkanes of at least 4 members (excludes halogenated alkanes) is 1. The van der Waals surface area contributed by atoms with E-state index >= 15 is 0 Å². The molecule has 0 heterocycles. The van der Waals surface area contributed by atoms with Gasteiger partial charge in [-0.1, -0.05) is 36.8 Å². The van der Waals surface area contributed by atoms with E-state index in [2.05, 4.69) is 17.4 Å². The van der Waals surface area contributed by atoms with Crippen molar-refractivity contribution in [3.8, 4) is 0 Å². The molecule has 1 aromatic rings. The van der Waals surface area contributed by atoms with Crippen LogP contribution in [0.1, 0.15) is 44.1 Å². The highest BCUT2D eigenvalue weighted by Gasteiger charge is 2.43. The zero-order valence-corrected chi connectivity index (χ0v) is 12.3. The van der Waals surface area contributed by atoms with Crippen molar-refractivity contribution in [1.82, 2.24) is 5.32 Å². The smallest absolute Gasteiger partial charge is 0.303 e. The van der Waals surface area contributed by atoms with Crippen LogP contribution in [-0.4, -0.2) is 23.5 Å². The fourth-order valence-electron chi connectivity index (χ4n) is 2.86. The zero-order valence-electron chi connectivity index (χ0n) is 12.3. The Morgan fingerprint density at radius 1 is 1.14 bits per heavy atom. The molecule has 2 rings (SSSR count). The third kappa shape index (κ3) is 4.31. The van der Waals surface area contributed by atoms with Crippen molar-refractivity contribution >= 4 is 11.9 Å². The summed E-state index contributed by atoms with van der Waals surface area (Å²) in [5.41, 5.74) is 0.965. The summed E-state index contributed by atoms with van der Waals surface area (Å²) >= 11 is 0. The molecular formula is C17H23NO3. The van der Waals surface area contributed by atoms with Gasteiger partial charge >= 0.3 is 5.97 Å². The van der Waals surface area contributed by atoms with E-state index in [1.54, 1.807) is 0 Å². The molecule has 0 saturated heterocycles. The predicted molar refractivity (Wildman–Crippen MR) is 80.9 cm³/mol. The lowest BCUT2D eigenvalue weighted by Gasteiger charge is -2.40. The highest BCUT2D eigenvalue weighted by Crippen LogP contribution is 2.43. The minimum atomic E-state index is -0.777. The molecule has 1 aliphatic carbocycles. The summed E-state index contributed by atoms with van der Waals surface area (Å²) < 4.78 is 0. The summed E-state index contributed by atoms with van der Waals surface area (Å²) in [4.78, 5) is 22.8. The SMILES string of the molecule is O=C(O)CCCCNC(=O)C1(Cc2ccccc2)CCC1. The van der Waals surface area contributed by atoms with Gasteiger partial charge in [0.15, 0.2) is 0 Å². The van der Waals surface area contributed by atoms with Crippen LogP contribution in [-0.2, 0) is 16.0 Å². The number of carbonyl (C=O) groups excluding carboxylic acids is 1. The molecule has 1 fully saturated rings. The van der Waals surface area contributed by atoms with Crippen LogP contribution in [0.15, 0.2) is 30.3 Å². The fourth-order valence-corrected chi connectivity index (χ4v) is 2.86. The van der Waals surface area contributed by atoms with E-state index in [9.17, 15) is 9.59 Å². The van der Waals surface area contributed by atoms with Gasteiger partial charge < -0.3 is 10.4 Å². The van der Waals surface area contributed by atoms with Crippen molar-refractivity contribution in [2.45, 2.75) is 44.9 Å². The van der Waals surface area contributed by atoms with E-state index < -0.39 is 5.97 Å². The van der Waals surface area contributed by atoms with E-state index in [0.29, 0.717) is 13.0 Å². The van der Waals surface area contributed by atoms with Gasteiger partial charge in [0.1, 0.15) is 0 Å². The van der Waals surface area contributed by atoms with Gasteiger partial charge in [0, 0.05) is 13.0 Å². The lowest BCUT2D eigenvalue weighted by Crippen LogP contribution is -2.47. The van der Waals surface area contributed by atoms with Crippen molar-refractivity contribution in [2.75, 3.05) is 6.54 Å². The maximum atomic E-state index is 12.4. The molecule has 1 saturated carbocycles. The number of benzene rings is 1. The van der Waals surface area contributed by atoms with E-state index in [1.807, 2.05) is 18.2 Å². The molecule has 1 aromatic carbocycles. The number of hydrogen-bond donors (Lipinski definition) is 2. The second kappa shape index (κ2) is 7.25. The minimum Gasteiger partial charge on any atom is -0.481 e. The third-order valence-electron chi connectivity index (χ3n) is 4.28. The highest BCUT2D eigenvalue weighted by atomic mass is 16.4. The summed E-state index contributed by atoms with van der Waals surface area (Å²) in [5, 5.41) is 11.6. The molecule has 0 radical (unpaired) electrons. The van der Waals surface area contributed by atoms with Gasteiger partial charge in [0.05, 0.1) is 5.41 Å². The van der Waals surface area contributed by atoms with Gasteiger partial charge in [0.25, 0.3) is 0 Å². The van der Waals surface area contributed by atoms with Crippen LogP contribution in [0.5, 0.6) is 0 Å². The molecule has 0 aromatic heterocycles. The van der Waals surface area contributed by atoms with Crippen molar-refractivity contribution in [3.05, 3.63) is 35.9 Å². The molecule has 1 amide bonds. The zero-order chi connectivity index (χ0) is 15.1. The highest BCUT2D eigenvalue weighted by molar-refractivity contribution is 5.83. The molecule has 21 heavy (non-hydrogen) atoms. The number of aliphatic carboxylic acids is 1. The quantitative estimate of drug-likeness (QED) is 0.723. The van der Waals surface area contributed by atoms with Gasteiger partial charge in [-0.05, 0) is 37.7 Å². The molecule has 4 heteroatoms. The normalized spacial score (nSPS) is 16.0. The first kappa shape index (κ1) is 15.5. The average Bonchev–Trinajstić information content (AvgIpc) is 2.43. The summed E-state index contributed by atoms with van der Waals surface area (Å²) in [6, 6.07) is 10.1. The predicted octanol–water partition coefficient (Wildman–Crippen LogP) is 2.77. The minimum absolute atomic E-state index is 0.132. The fraction of sp³-hybridized carbons (Fsp3) is 0.529. The second-order valence-electron chi connectivity index (χ2n) is 5.90. The molecule has 0 aliphatic heterocycles. The van der Waals surface area contributed by atoms with Crippen molar-refractivity contribution < 1.29 is 14.7 Å². The van der Waals surface area contributed by atoms with Crippen LogP contribution < -0.4 is 5.32 Å². The topological polar surface area (TPSA) is 66.4 Å². The first-order valence-electron chi connectivity index (χ1n) is 7.66. The first-order valence-corrected chi connectivity index (χ1v) is 7.66. The van der Waals surface area contributed by atoms with E-state index in [-0.39, 0.29) is 17.7 Å². The number of carboxylic acids is 1. The van der Waals surface area contributed by atoms with E-state index in [4.69, 9.17) is 5.11 Å². The molecule has 114 valence electrons. The largest absolute Gasteiger partial charge is 0.481 e. The van der Waals surface area contributed by atoms with Gasteiger partial charge in [-0.2, -0.15) is 0 Å². The average molecular weight is 289 g/mol. The molecule has 4 nitrogen and oxygen atoms in total. The summed E-state index contributed by atoms with van der Waals surface area (Å²) in [7, 11) is 0. The third-order valence-corrected chi connectivity index (χ3v) is 4.28. The summed E-state index contributed by atoms with van der Waals surface area (Å²) in [5.74, 6) is -0.645. The first-order chi connectivity index (χ1) is 10.1. The number of nitrogens with one attached hydrogen (secondary N) is 1. The Labute approximate surface area is 125 Å². The lowest BCUT2D eigenvalue weighted by atomic mass is 9.64. The maximum Gasteiger partial charge on any atom is 0.303 e. The van der Waals surface area contributed by atoms with Crippen LogP contribution in [0.4, 0.5) is 0 Å². The molecule has 1 aliphatic rings. The van der Waals surface area contributed by atoms with Crippen molar-refractivity contribution in [2.24, 2.45) is 5.41 Å². The summed E-state index contributed by atoms with van der Waals surface area (Å²) in [6.45, 7) is 0.572. The summed E-state index contributed by atoms with van der Waals surface area (Å²) in [6.07, 6.45) is 5.31. The number of carboxylic acid groups (broad SMARTS) is 1. The lowest BCUT2D eigenvalue weighted by molar-refractivity contribution is -0.137. The van der Waals surface area contributed by atoms with Crippen molar-refractivity contribution in [3.63, 3.8) is 0 Å². The number of rotatable bonds is 8. The van der Waals surface area contributed by atoms with Crippen molar-refractivity contribution in [1.29, 1.82) is 0 Å². The second-order valence-corrected chi connectivity index (χ2v) is 5.90. The van der Waals surface area contributed by atoms with Crippen LogP contribution in [0.25, 0.3) is 0 Å². The van der Waals surface area contributed by atoms with E-state index in [0.717, 1.165) is 32.1 Å². The van der Waals surface area contributed by atoms with Crippen LogP contribution >= 0.6 is 0 Å². The van der Waals surface area contributed by atoms with E-state index in [1.165, 1.54) is 5.56 Å². The standard InChI is InChI=1S/C17H23NO3/c19-15(20)9-4-5-12-18-16(21)17(10-6-11-17)13-14-7-2-1-3-8-14/h1-3,7-8H,4-6,9-13H2,(H,18,21)(H,19,20). The molecular weight excluding hydrogens is 266 g/mol. The van der Waals surface area contributed by atoms with Crippen LogP contribution in [0, 0.1) is 5.41 Å². The van der Waals surface area contributed by atoms with Gasteiger partial charge in [-0.3, -0.25) is 9.59 Å². The molecule has 2 N–H and O–H groups in total. The number of carbonyl (C=O) groups is 2. The van der Waals surface area contributed by atoms with Crippen LogP contribution in [0.2, 0.25) is 0 Å². The number of hydrogen-bond acceptors (Lipinski definition) is 2. The molecule has 0 spiro atoms. The monoisotopic (exact) mass is 289 g/mol. The molecule has 0 atom stereocenters. The Morgan fingerprint density at radius 3 is 2.43 bits per heavy atom. The Balaban J connectivity index is 1.80. The Morgan fingerprint density at radius 2 is 1.86 bits per heavy atom. The molecule has 0 unspecified atom stereocenters. The Kier molecular flexibility index (Phi) is 5.37. The van der Waals surface area contributed by atoms with Gasteiger partial charge in [-0.15, -0.1) is 0 Å². The van der Waals surface area contributed by atoms with Crippen LogP contribution in [0.3, 0.4) is 0 Å². The Bertz CT molecular complexity index is 480. The number of amides is 1. The molecule has 0 bridgehead atoms. The maximum absolute atomic E-state index is 12.4. The van der Waals surface area contributed by atoms with Gasteiger partial charge in [0.2, 0.25) is 5.91 Å².